The maximum Gasteiger partial charge on any atom is 0.221 e. The van der Waals surface area contributed by atoms with Crippen LogP contribution in [-0.4, -0.2) is 27.2 Å². The highest BCUT2D eigenvalue weighted by Crippen LogP contribution is 2.40. The van der Waals surface area contributed by atoms with E-state index in [0.717, 1.165) is 24.2 Å². The van der Waals surface area contributed by atoms with E-state index in [1.54, 1.807) is 0 Å². The Morgan fingerprint density at radius 3 is 2.53 bits per heavy atom. The van der Waals surface area contributed by atoms with E-state index in [9.17, 15) is 4.79 Å². The van der Waals surface area contributed by atoms with Crippen LogP contribution in [0.15, 0.2) is 54.6 Å². The molecule has 0 radical (unpaired) electrons. The average molecular weight is 421 g/mol. The van der Waals surface area contributed by atoms with Crippen LogP contribution in [0.3, 0.4) is 0 Å². The number of amides is 1. The zero-order valence-electron chi connectivity index (χ0n) is 17.4. The zero-order chi connectivity index (χ0) is 21.0. The minimum absolute atomic E-state index is 0.0511. The van der Waals surface area contributed by atoms with Crippen LogP contribution >= 0.6 is 12.2 Å². The molecule has 4 rings (SSSR count). The summed E-state index contributed by atoms with van der Waals surface area (Å²) < 4.78 is 2.44. The summed E-state index contributed by atoms with van der Waals surface area (Å²) in [6.45, 7) is 3.25. The van der Waals surface area contributed by atoms with Crippen LogP contribution < -0.4 is 5.32 Å². The molecule has 0 unspecified atom stereocenters. The third-order valence-electron chi connectivity index (χ3n) is 6.20. The molecule has 0 bridgehead atoms. The highest BCUT2D eigenvalue weighted by atomic mass is 32.1. The minimum Gasteiger partial charge on any atom is -0.355 e. The SMILES string of the molecule is Cc1ccc(-c2n[nH]c(=S)n2CCC(=O)NCC2(c3ccccc3)CCCC2)cc1. The predicted molar refractivity (Wildman–Crippen MR) is 122 cm³/mol. The molecule has 0 atom stereocenters. The molecular weight excluding hydrogens is 392 g/mol. The molecule has 0 aliphatic heterocycles. The Bertz CT molecular complexity index is 1050. The molecule has 1 fully saturated rings. The molecule has 156 valence electrons. The number of aromatic amines is 1. The fourth-order valence-corrected chi connectivity index (χ4v) is 4.65. The molecule has 2 aromatic carbocycles. The van der Waals surface area contributed by atoms with Crippen LogP contribution in [-0.2, 0) is 16.8 Å². The number of nitrogens with one attached hydrogen (secondary N) is 2. The first-order valence-electron chi connectivity index (χ1n) is 10.6. The number of hydrogen-bond acceptors (Lipinski definition) is 3. The number of rotatable bonds is 7. The number of benzene rings is 2. The molecule has 1 aliphatic rings. The van der Waals surface area contributed by atoms with Crippen molar-refractivity contribution < 1.29 is 4.79 Å². The molecular formula is C24H28N4OS. The number of aryl methyl sites for hydroxylation is 1. The quantitative estimate of drug-likeness (QED) is 0.533. The minimum atomic E-state index is 0.0511. The van der Waals surface area contributed by atoms with Gasteiger partial charge in [-0.25, -0.2) is 0 Å². The predicted octanol–water partition coefficient (Wildman–Crippen LogP) is 4.93. The van der Waals surface area contributed by atoms with Gasteiger partial charge in [-0.1, -0.05) is 73.0 Å². The van der Waals surface area contributed by atoms with Crippen LogP contribution in [0, 0.1) is 11.7 Å². The number of aromatic nitrogens is 3. The van der Waals surface area contributed by atoms with Crippen molar-refractivity contribution in [2.75, 3.05) is 6.54 Å². The molecule has 0 spiro atoms. The van der Waals surface area contributed by atoms with Gasteiger partial charge in [0.05, 0.1) is 0 Å². The molecule has 3 aromatic rings. The summed E-state index contributed by atoms with van der Waals surface area (Å²) in [5, 5.41) is 10.4. The molecule has 1 saturated carbocycles. The normalized spacial score (nSPS) is 15.2. The van der Waals surface area contributed by atoms with Gasteiger partial charge in [-0.2, -0.15) is 5.10 Å². The lowest BCUT2D eigenvalue weighted by Gasteiger charge is -2.30. The van der Waals surface area contributed by atoms with Gasteiger partial charge in [-0.05, 0) is 37.5 Å². The van der Waals surface area contributed by atoms with Crippen LogP contribution in [0.2, 0.25) is 0 Å². The lowest BCUT2D eigenvalue weighted by molar-refractivity contribution is -0.121. The molecule has 1 amide bonds. The van der Waals surface area contributed by atoms with E-state index in [1.807, 2.05) is 22.8 Å². The standard InChI is InChI=1S/C24H28N4OS/c1-18-9-11-19(12-10-18)22-26-27-23(30)28(22)16-13-21(29)25-17-24(14-5-6-15-24)20-7-3-2-4-8-20/h2-4,7-12H,5-6,13-17H2,1H3,(H,25,29)(H,27,30). The van der Waals surface area contributed by atoms with Crippen LogP contribution in [0.4, 0.5) is 0 Å². The number of H-pyrrole nitrogens is 1. The number of nitrogens with zero attached hydrogens (tertiary/aromatic N) is 2. The lowest BCUT2D eigenvalue weighted by atomic mass is 9.79. The first kappa shape index (κ1) is 20.5. The Labute approximate surface area is 182 Å². The number of hydrogen-bond donors (Lipinski definition) is 2. The van der Waals surface area contributed by atoms with Crippen LogP contribution in [0.1, 0.15) is 43.2 Å². The molecule has 5 nitrogen and oxygen atoms in total. The molecule has 1 aliphatic carbocycles. The van der Waals surface area contributed by atoms with Gasteiger partial charge in [0.25, 0.3) is 0 Å². The van der Waals surface area contributed by atoms with E-state index < -0.39 is 0 Å². The van der Waals surface area contributed by atoms with Gasteiger partial charge in [0.2, 0.25) is 5.91 Å². The van der Waals surface area contributed by atoms with Gasteiger partial charge in [-0.3, -0.25) is 14.5 Å². The summed E-state index contributed by atoms with van der Waals surface area (Å²) in [6.07, 6.45) is 5.06. The monoisotopic (exact) mass is 420 g/mol. The van der Waals surface area contributed by atoms with E-state index in [4.69, 9.17) is 12.2 Å². The van der Waals surface area contributed by atoms with E-state index in [-0.39, 0.29) is 11.3 Å². The van der Waals surface area contributed by atoms with Gasteiger partial charge in [0.1, 0.15) is 0 Å². The molecule has 1 heterocycles. The first-order chi connectivity index (χ1) is 14.6. The van der Waals surface area contributed by atoms with Crippen molar-refractivity contribution in [1.29, 1.82) is 0 Å². The summed E-state index contributed by atoms with van der Waals surface area (Å²) in [6, 6.07) is 18.8. The Morgan fingerprint density at radius 1 is 1.13 bits per heavy atom. The largest absolute Gasteiger partial charge is 0.355 e. The van der Waals surface area contributed by atoms with Crippen molar-refractivity contribution in [3.05, 3.63) is 70.5 Å². The topological polar surface area (TPSA) is 62.7 Å². The molecule has 6 heteroatoms. The fourth-order valence-electron chi connectivity index (χ4n) is 4.43. The third kappa shape index (κ3) is 4.38. The highest BCUT2D eigenvalue weighted by molar-refractivity contribution is 7.71. The first-order valence-corrected chi connectivity index (χ1v) is 11.0. The summed E-state index contributed by atoms with van der Waals surface area (Å²) in [4.78, 5) is 12.7. The summed E-state index contributed by atoms with van der Waals surface area (Å²) >= 11 is 5.40. The van der Waals surface area contributed by atoms with Gasteiger partial charge < -0.3 is 5.32 Å². The second-order valence-corrected chi connectivity index (χ2v) is 8.64. The van der Waals surface area contributed by atoms with Crippen molar-refractivity contribution in [3.63, 3.8) is 0 Å². The molecule has 30 heavy (non-hydrogen) atoms. The van der Waals surface area contributed by atoms with Crippen molar-refractivity contribution in [3.8, 4) is 11.4 Å². The van der Waals surface area contributed by atoms with E-state index in [2.05, 4.69) is 58.8 Å². The number of carbonyl (C=O) groups excluding carboxylic acids is 1. The van der Waals surface area contributed by atoms with E-state index in [0.29, 0.717) is 24.3 Å². The van der Waals surface area contributed by atoms with Gasteiger partial charge in [0, 0.05) is 30.5 Å². The van der Waals surface area contributed by atoms with Gasteiger partial charge >= 0.3 is 0 Å². The van der Waals surface area contributed by atoms with Gasteiger partial charge in [-0.15, -0.1) is 0 Å². The number of carbonyl (C=O) groups is 1. The molecule has 1 aromatic heterocycles. The Kier molecular flexibility index (Phi) is 6.13. The highest BCUT2D eigenvalue weighted by Gasteiger charge is 2.35. The summed E-state index contributed by atoms with van der Waals surface area (Å²) in [5.74, 6) is 0.819. The second kappa shape index (κ2) is 8.96. The van der Waals surface area contributed by atoms with Crippen LogP contribution in [0.5, 0.6) is 0 Å². The fraction of sp³-hybridized carbons (Fsp3) is 0.375. The van der Waals surface area contributed by atoms with Crippen molar-refractivity contribution >= 4 is 18.1 Å². The Morgan fingerprint density at radius 2 is 1.83 bits per heavy atom. The van der Waals surface area contributed by atoms with Crippen molar-refractivity contribution in [2.24, 2.45) is 0 Å². The zero-order valence-corrected chi connectivity index (χ0v) is 18.2. The summed E-state index contributed by atoms with van der Waals surface area (Å²) in [7, 11) is 0. The average Bonchev–Trinajstić information content (AvgIpc) is 3.40. The van der Waals surface area contributed by atoms with Crippen molar-refractivity contribution in [2.45, 2.75) is 51.0 Å². The smallest absolute Gasteiger partial charge is 0.221 e. The Hall–Kier alpha value is -2.73. The van der Waals surface area contributed by atoms with E-state index >= 15 is 0 Å². The second-order valence-electron chi connectivity index (χ2n) is 8.25. The molecule has 2 N–H and O–H groups in total. The third-order valence-corrected chi connectivity index (χ3v) is 6.51. The Balaban J connectivity index is 1.40. The summed E-state index contributed by atoms with van der Waals surface area (Å²) in [5.41, 5.74) is 3.58. The molecule has 0 saturated heterocycles. The van der Waals surface area contributed by atoms with Crippen LogP contribution in [0.25, 0.3) is 11.4 Å². The maximum atomic E-state index is 12.7. The van der Waals surface area contributed by atoms with E-state index in [1.165, 1.54) is 24.0 Å². The van der Waals surface area contributed by atoms with Crippen molar-refractivity contribution in [1.82, 2.24) is 20.1 Å². The van der Waals surface area contributed by atoms with Gasteiger partial charge in [0.15, 0.2) is 10.6 Å². The lowest BCUT2D eigenvalue weighted by Crippen LogP contribution is -2.39. The maximum absolute atomic E-state index is 12.7.